The Hall–Kier alpha value is -2.63. The summed E-state index contributed by atoms with van der Waals surface area (Å²) in [4.78, 5) is 30.2. The highest BCUT2D eigenvalue weighted by Crippen LogP contribution is 2.33. The maximum Gasteiger partial charge on any atom is 0.237 e. The van der Waals surface area contributed by atoms with Crippen molar-refractivity contribution in [1.82, 2.24) is 9.55 Å². The molecule has 0 radical (unpaired) electrons. The number of benzene rings is 1. The molecule has 1 aliphatic rings. The van der Waals surface area contributed by atoms with Gasteiger partial charge in [-0.3, -0.25) is 14.2 Å². The zero-order chi connectivity index (χ0) is 15.5. The largest absolute Gasteiger partial charge is 0.492 e. The third-order valence-corrected chi connectivity index (χ3v) is 3.69. The van der Waals surface area contributed by atoms with Crippen LogP contribution in [0.5, 0.6) is 5.75 Å². The lowest BCUT2D eigenvalue weighted by molar-refractivity contribution is -0.117. The van der Waals surface area contributed by atoms with Gasteiger partial charge in [0.15, 0.2) is 0 Å². The monoisotopic (exact) mass is 299 g/mol. The predicted octanol–water partition coefficient (Wildman–Crippen LogP) is 1.98. The van der Waals surface area contributed by atoms with Gasteiger partial charge in [-0.15, -0.1) is 0 Å². The molecule has 0 saturated carbocycles. The van der Waals surface area contributed by atoms with Crippen LogP contribution in [0.4, 0.5) is 5.69 Å². The van der Waals surface area contributed by atoms with Crippen molar-refractivity contribution in [1.29, 1.82) is 0 Å². The van der Waals surface area contributed by atoms with Crippen LogP contribution in [0.25, 0.3) is 0 Å². The lowest BCUT2D eigenvalue weighted by Gasteiger charge is -2.20. The summed E-state index contributed by atoms with van der Waals surface area (Å²) in [6.45, 7) is 2.78. The van der Waals surface area contributed by atoms with E-state index in [1.807, 2.05) is 31.2 Å². The van der Waals surface area contributed by atoms with Crippen LogP contribution in [-0.2, 0) is 4.79 Å². The molecule has 1 aromatic carbocycles. The summed E-state index contributed by atoms with van der Waals surface area (Å²) in [6.07, 6.45) is 4.82. The number of nitrogens with zero attached hydrogens (tertiary/aromatic N) is 3. The standard InChI is InChI=1S/C16H17N3O3/c1-2-22-14-6-4-3-5-13(14)19-10-12(9-15(19)20)16(21)18-8-7-17-11-18/h3-8,11-12H,2,9-10H2,1H3. The number of amides is 1. The first-order valence-corrected chi connectivity index (χ1v) is 7.25. The second-order valence-corrected chi connectivity index (χ2v) is 5.11. The van der Waals surface area contributed by atoms with Gasteiger partial charge >= 0.3 is 0 Å². The molecule has 6 heteroatoms. The lowest BCUT2D eigenvalue weighted by atomic mass is 10.1. The van der Waals surface area contributed by atoms with Crippen molar-refractivity contribution in [3.05, 3.63) is 43.0 Å². The fourth-order valence-electron chi connectivity index (χ4n) is 2.66. The van der Waals surface area contributed by atoms with Crippen LogP contribution in [0.3, 0.4) is 0 Å². The van der Waals surface area contributed by atoms with E-state index in [1.165, 1.54) is 10.9 Å². The van der Waals surface area contributed by atoms with Gasteiger partial charge in [0.1, 0.15) is 12.1 Å². The quantitative estimate of drug-likeness (QED) is 0.866. The Bertz CT molecular complexity index is 682. The number of anilines is 1. The van der Waals surface area contributed by atoms with Crippen LogP contribution in [0, 0.1) is 5.92 Å². The molecule has 1 fully saturated rings. The summed E-state index contributed by atoms with van der Waals surface area (Å²) in [5.41, 5.74) is 0.718. The minimum Gasteiger partial charge on any atom is -0.492 e. The van der Waals surface area contributed by atoms with Crippen molar-refractivity contribution in [2.24, 2.45) is 5.92 Å². The van der Waals surface area contributed by atoms with E-state index in [-0.39, 0.29) is 24.2 Å². The number of ether oxygens (including phenoxy) is 1. The lowest BCUT2D eigenvalue weighted by Crippen LogP contribution is -2.27. The highest BCUT2D eigenvalue weighted by Gasteiger charge is 2.36. The Morgan fingerprint density at radius 1 is 1.41 bits per heavy atom. The zero-order valence-electron chi connectivity index (χ0n) is 12.3. The van der Waals surface area contributed by atoms with E-state index < -0.39 is 0 Å². The first-order chi connectivity index (χ1) is 10.7. The summed E-state index contributed by atoms with van der Waals surface area (Å²) in [6, 6.07) is 7.39. The topological polar surface area (TPSA) is 64.4 Å². The zero-order valence-corrected chi connectivity index (χ0v) is 12.3. The van der Waals surface area contributed by atoms with E-state index in [0.717, 1.165) is 5.69 Å². The molecule has 0 bridgehead atoms. The molecule has 2 heterocycles. The summed E-state index contributed by atoms with van der Waals surface area (Å²) in [5, 5.41) is 0. The number of carbonyl (C=O) groups is 2. The molecule has 1 atom stereocenters. The van der Waals surface area contributed by atoms with Crippen LogP contribution < -0.4 is 9.64 Å². The number of hydrogen-bond acceptors (Lipinski definition) is 4. The van der Waals surface area contributed by atoms with Gasteiger partial charge in [0.05, 0.1) is 18.2 Å². The van der Waals surface area contributed by atoms with Gasteiger partial charge in [0.2, 0.25) is 11.8 Å². The highest BCUT2D eigenvalue weighted by molar-refractivity contribution is 6.01. The molecule has 22 heavy (non-hydrogen) atoms. The highest BCUT2D eigenvalue weighted by atomic mass is 16.5. The Kier molecular flexibility index (Phi) is 3.91. The Morgan fingerprint density at radius 3 is 2.95 bits per heavy atom. The molecule has 0 spiro atoms. The van der Waals surface area contributed by atoms with E-state index in [4.69, 9.17) is 4.74 Å². The number of para-hydroxylation sites is 2. The second-order valence-electron chi connectivity index (χ2n) is 5.11. The summed E-state index contributed by atoms with van der Waals surface area (Å²) in [7, 11) is 0. The number of hydrogen-bond donors (Lipinski definition) is 0. The van der Waals surface area contributed by atoms with Gasteiger partial charge < -0.3 is 9.64 Å². The van der Waals surface area contributed by atoms with Crippen molar-refractivity contribution in [2.45, 2.75) is 13.3 Å². The average Bonchev–Trinajstić information content (AvgIpc) is 3.17. The van der Waals surface area contributed by atoms with Crippen molar-refractivity contribution < 1.29 is 14.3 Å². The minimum absolute atomic E-state index is 0.0642. The minimum atomic E-state index is -0.364. The fraction of sp³-hybridized carbons (Fsp3) is 0.312. The molecular weight excluding hydrogens is 282 g/mol. The molecular formula is C16H17N3O3. The second kappa shape index (κ2) is 6.01. The van der Waals surface area contributed by atoms with E-state index in [0.29, 0.717) is 18.9 Å². The number of rotatable bonds is 4. The van der Waals surface area contributed by atoms with Crippen LogP contribution in [0.1, 0.15) is 18.1 Å². The molecule has 1 aromatic heterocycles. The number of aromatic nitrogens is 2. The van der Waals surface area contributed by atoms with Gasteiger partial charge in [0.25, 0.3) is 0 Å². The first-order valence-electron chi connectivity index (χ1n) is 7.25. The van der Waals surface area contributed by atoms with Crippen molar-refractivity contribution in [2.75, 3.05) is 18.1 Å². The van der Waals surface area contributed by atoms with Gasteiger partial charge in [0, 0.05) is 25.4 Å². The van der Waals surface area contributed by atoms with Gasteiger partial charge in [-0.05, 0) is 19.1 Å². The van der Waals surface area contributed by atoms with Crippen molar-refractivity contribution in [3.63, 3.8) is 0 Å². The normalized spacial score (nSPS) is 17.8. The maximum absolute atomic E-state index is 12.4. The fourth-order valence-corrected chi connectivity index (χ4v) is 2.66. The third-order valence-electron chi connectivity index (χ3n) is 3.69. The van der Waals surface area contributed by atoms with Gasteiger partial charge in [-0.2, -0.15) is 0 Å². The molecule has 1 aliphatic heterocycles. The van der Waals surface area contributed by atoms with Crippen LogP contribution in [-0.4, -0.2) is 34.5 Å². The summed E-state index contributed by atoms with van der Waals surface area (Å²) >= 11 is 0. The average molecular weight is 299 g/mol. The molecule has 0 N–H and O–H groups in total. The SMILES string of the molecule is CCOc1ccccc1N1CC(C(=O)n2ccnc2)CC1=O. The number of imidazole rings is 1. The van der Waals surface area contributed by atoms with E-state index in [2.05, 4.69) is 4.98 Å². The molecule has 1 unspecified atom stereocenters. The smallest absolute Gasteiger partial charge is 0.237 e. The van der Waals surface area contributed by atoms with Crippen LogP contribution in [0.15, 0.2) is 43.0 Å². The van der Waals surface area contributed by atoms with E-state index in [1.54, 1.807) is 17.3 Å². The Labute approximate surface area is 128 Å². The molecule has 1 amide bonds. The molecule has 114 valence electrons. The van der Waals surface area contributed by atoms with Crippen LogP contribution >= 0.6 is 0 Å². The van der Waals surface area contributed by atoms with E-state index in [9.17, 15) is 9.59 Å². The molecule has 6 nitrogen and oxygen atoms in total. The Balaban J connectivity index is 1.82. The van der Waals surface area contributed by atoms with Crippen molar-refractivity contribution in [3.8, 4) is 5.75 Å². The summed E-state index contributed by atoms with van der Waals surface area (Å²) in [5.74, 6) is 0.123. The van der Waals surface area contributed by atoms with Crippen molar-refractivity contribution >= 4 is 17.5 Å². The van der Waals surface area contributed by atoms with Gasteiger partial charge in [-0.25, -0.2) is 4.98 Å². The molecule has 3 rings (SSSR count). The Morgan fingerprint density at radius 2 is 2.23 bits per heavy atom. The predicted molar refractivity (Wildman–Crippen MR) is 80.9 cm³/mol. The maximum atomic E-state index is 12.4. The van der Waals surface area contributed by atoms with Gasteiger partial charge in [-0.1, -0.05) is 12.1 Å². The van der Waals surface area contributed by atoms with Crippen LogP contribution in [0.2, 0.25) is 0 Å². The summed E-state index contributed by atoms with van der Waals surface area (Å²) < 4.78 is 7.00. The third kappa shape index (κ3) is 2.59. The molecule has 1 saturated heterocycles. The molecule has 0 aliphatic carbocycles. The first kappa shape index (κ1) is 14.3. The van der Waals surface area contributed by atoms with E-state index >= 15 is 0 Å². The number of carbonyl (C=O) groups excluding carboxylic acids is 2. The molecule has 2 aromatic rings.